The van der Waals surface area contributed by atoms with Crippen LogP contribution < -0.4 is 27.4 Å². The van der Waals surface area contributed by atoms with E-state index in [2.05, 4.69) is 20.9 Å². The zero-order chi connectivity index (χ0) is 27.7. The maximum Gasteiger partial charge on any atom is 0.328 e. The van der Waals surface area contributed by atoms with Crippen LogP contribution in [0.1, 0.15) is 32.3 Å². The van der Waals surface area contributed by atoms with Gasteiger partial charge in [0.15, 0.2) is 0 Å². The Bertz CT molecular complexity index is 1130. The smallest absolute Gasteiger partial charge is 0.328 e. The molecule has 37 heavy (non-hydrogen) atoms. The van der Waals surface area contributed by atoms with Gasteiger partial charge in [0, 0.05) is 23.5 Å². The lowest BCUT2D eigenvalue weighted by atomic mass is 9.96. The quantitative estimate of drug-likeness (QED) is 0.146. The largest absolute Gasteiger partial charge is 0.480 e. The minimum atomic E-state index is -1.55. The summed E-state index contributed by atoms with van der Waals surface area (Å²) in [4.78, 5) is 64.4. The highest BCUT2D eigenvalue weighted by Crippen LogP contribution is 2.19. The van der Waals surface area contributed by atoms with Gasteiger partial charge >= 0.3 is 5.97 Å². The van der Waals surface area contributed by atoms with E-state index in [1.54, 1.807) is 20.0 Å². The van der Waals surface area contributed by atoms with E-state index in [4.69, 9.17) is 16.6 Å². The van der Waals surface area contributed by atoms with E-state index in [9.17, 15) is 29.1 Å². The number of hydrogen-bond acceptors (Lipinski definition) is 7. The van der Waals surface area contributed by atoms with Gasteiger partial charge in [0.1, 0.15) is 18.1 Å². The van der Waals surface area contributed by atoms with Crippen LogP contribution in [0.2, 0.25) is 0 Å². The zero-order valence-electron chi connectivity index (χ0n) is 20.7. The van der Waals surface area contributed by atoms with Crippen LogP contribution in [0.4, 0.5) is 0 Å². The average Bonchev–Trinajstić information content (AvgIpc) is 3.26. The van der Waals surface area contributed by atoms with E-state index in [0.717, 1.165) is 10.9 Å². The van der Waals surface area contributed by atoms with E-state index in [1.165, 1.54) is 0 Å². The molecule has 2 aromatic rings. The molecule has 13 heteroatoms. The van der Waals surface area contributed by atoms with Crippen LogP contribution in [0.5, 0.6) is 0 Å². The number of aliphatic hydroxyl groups excluding tert-OH is 1. The Morgan fingerprint density at radius 1 is 1.00 bits per heavy atom. The van der Waals surface area contributed by atoms with Crippen molar-refractivity contribution in [3.8, 4) is 0 Å². The van der Waals surface area contributed by atoms with Crippen LogP contribution in [0.25, 0.3) is 10.9 Å². The Labute approximate surface area is 213 Å². The zero-order valence-corrected chi connectivity index (χ0v) is 20.7. The fraction of sp³-hybridized carbons (Fsp3) is 0.458. The van der Waals surface area contributed by atoms with Crippen LogP contribution in [0, 0.1) is 5.92 Å². The number of amides is 4. The molecule has 5 unspecified atom stereocenters. The number of carboxylic acid groups (broad SMARTS) is 1. The summed E-state index contributed by atoms with van der Waals surface area (Å²) in [7, 11) is 0. The molecule has 0 fully saturated rings. The van der Waals surface area contributed by atoms with Gasteiger partial charge in [-0.1, -0.05) is 38.5 Å². The third kappa shape index (κ3) is 8.02. The third-order valence-corrected chi connectivity index (χ3v) is 6.08. The number of H-pyrrole nitrogens is 1. The molecule has 0 radical (unpaired) electrons. The van der Waals surface area contributed by atoms with Crippen molar-refractivity contribution >= 4 is 40.5 Å². The van der Waals surface area contributed by atoms with Crippen molar-refractivity contribution in [2.45, 2.75) is 57.3 Å². The number of fused-ring (bicyclic) bond motifs is 1. The van der Waals surface area contributed by atoms with Crippen molar-refractivity contribution in [3.05, 3.63) is 36.0 Å². The molecule has 0 aliphatic heterocycles. The van der Waals surface area contributed by atoms with Crippen LogP contribution in [-0.4, -0.2) is 75.6 Å². The average molecular weight is 519 g/mol. The number of primary amides is 1. The molecule has 5 atom stereocenters. The van der Waals surface area contributed by atoms with Crippen molar-refractivity contribution in [1.29, 1.82) is 0 Å². The molecule has 1 aromatic heterocycles. The Morgan fingerprint density at radius 2 is 1.65 bits per heavy atom. The molecule has 1 heterocycles. The van der Waals surface area contributed by atoms with Crippen molar-refractivity contribution < 1.29 is 34.2 Å². The van der Waals surface area contributed by atoms with E-state index in [1.807, 2.05) is 24.3 Å². The first kappa shape index (κ1) is 29.3. The van der Waals surface area contributed by atoms with E-state index < -0.39 is 72.7 Å². The number of aliphatic carboxylic acids is 1. The minimum absolute atomic E-state index is 0.0219. The van der Waals surface area contributed by atoms with Gasteiger partial charge in [-0.25, -0.2) is 4.79 Å². The van der Waals surface area contributed by atoms with Gasteiger partial charge in [-0.15, -0.1) is 0 Å². The molecule has 1 aromatic carbocycles. The fourth-order valence-corrected chi connectivity index (χ4v) is 3.72. The Balaban J connectivity index is 2.32. The summed E-state index contributed by atoms with van der Waals surface area (Å²) in [5.74, 6) is -4.94. The minimum Gasteiger partial charge on any atom is -0.480 e. The maximum absolute atomic E-state index is 13.4. The second-order valence-corrected chi connectivity index (χ2v) is 8.86. The third-order valence-electron chi connectivity index (χ3n) is 6.08. The second kappa shape index (κ2) is 13.4. The van der Waals surface area contributed by atoms with Gasteiger partial charge in [0.25, 0.3) is 0 Å². The maximum atomic E-state index is 13.4. The summed E-state index contributed by atoms with van der Waals surface area (Å²) in [6.07, 6.45) is 1.74. The van der Waals surface area contributed by atoms with Gasteiger partial charge in [0.2, 0.25) is 23.6 Å². The van der Waals surface area contributed by atoms with Crippen molar-refractivity contribution in [3.63, 3.8) is 0 Å². The standard InChI is InChI=1S/C24H34N6O7/c1-3-12(2)20(23(35)29-18(11-31)24(36)37)30-22(34)17(28-21(33)15(25)9-19(26)32)8-13-10-27-16-7-5-4-6-14(13)16/h4-7,10,12,15,17-18,20,27,31H,3,8-9,11,25H2,1-2H3,(H2,26,32)(H,28,33)(H,29,35)(H,30,34)(H,36,37). The number of hydrogen-bond donors (Lipinski definition) is 8. The SMILES string of the molecule is CCC(C)C(NC(=O)C(Cc1c[nH]c2ccccc12)NC(=O)C(N)CC(N)=O)C(=O)NC(CO)C(=O)O. The molecule has 0 saturated carbocycles. The molecule has 2 rings (SSSR count). The Kier molecular flexibility index (Phi) is 10.6. The summed E-state index contributed by atoms with van der Waals surface area (Å²) in [5, 5.41) is 26.6. The molecule has 0 bridgehead atoms. The van der Waals surface area contributed by atoms with Crippen LogP contribution in [-0.2, 0) is 30.4 Å². The van der Waals surface area contributed by atoms with E-state index in [-0.39, 0.29) is 6.42 Å². The van der Waals surface area contributed by atoms with Gasteiger partial charge in [-0.2, -0.15) is 0 Å². The second-order valence-electron chi connectivity index (χ2n) is 8.86. The highest BCUT2D eigenvalue weighted by Gasteiger charge is 2.33. The molecule has 0 spiro atoms. The van der Waals surface area contributed by atoms with Crippen molar-refractivity contribution in [2.24, 2.45) is 17.4 Å². The topological polar surface area (TPSA) is 230 Å². The lowest BCUT2D eigenvalue weighted by Crippen LogP contribution is -2.59. The molecule has 10 N–H and O–H groups in total. The number of aromatic amines is 1. The molecular formula is C24H34N6O7. The van der Waals surface area contributed by atoms with Crippen LogP contribution in [0.15, 0.2) is 30.5 Å². The molecular weight excluding hydrogens is 484 g/mol. The molecule has 4 amide bonds. The van der Waals surface area contributed by atoms with Gasteiger partial charge in [-0.05, 0) is 17.5 Å². The fourth-order valence-electron chi connectivity index (χ4n) is 3.72. The number of aliphatic hydroxyl groups is 1. The first-order valence-corrected chi connectivity index (χ1v) is 11.8. The number of rotatable bonds is 14. The number of carbonyl (C=O) groups excluding carboxylic acids is 4. The lowest BCUT2D eigenvalue weighted by molar-refractivity contribution is -0.143. The highest BCUT2D eigenvalue weighted by molar-refractivity contribution is 5.95. The number of carboxylic acids is 1. The van der Waals surface area contributed by atoms with Gasteiger partial charge in [-0.3, -0.25) is 19.2 Å². The number of benzene rings is 1. The summed E-state index contributed by atoms with van der Waals surface area (Å²) >= 11 is 0. The number of nitrogens with one attached hydrogen (secondary N) is 4. The molecule has 0 saturated heterocycles. The molecule has 0 aliphatic carbocycles. The molecule has 202 valence electrons. The molecule has 13 nitrogen and oxygen atoms in total. The molecule has 0 aliphatic rings. The summed E-state index contributed by atoms with van der Waals surface area (Å²) in [5.41, 5.74) is 12.4. The predicted molar refractivity (Wildman–Crippen MR) is 134 cm³/mol. The highest BCUT2D eigenvalue weighted by atomic mass is 16.4. The van der Waals surface area contributed by atoms with Crippen molar-refractivity contribution in [2.75, 3.05) is 6.61 Å². The monoisotopic (exact) mass is 518 g/mol. The summed E-state index contributed by atoms with van der Waals surface area (Å²) < 4.78 is 0. The number of para-hydroxylation sites is 1. The summed E-state index contributed by atoms with van der Waals surface area (Å²) in [6.45, 7) is 2.64. The first-order chi connectivity index (χ1) is 17.5. The van der Waals surface area contributed by atoms with Crippen LogP contribution in [0.3, 0.4) is 0 Å². The Morgan fingerprint density at radius 3 is 2.24 bits per heavy atom. The normalized spacial score (nSPS) is 15.1. The Hall–Kier alpha value is -3.97. The van der Waals surface area contributed by atoms with Gasteiger partial charge < -0.3 is 42.6 Å². The van der Waals surface area contributed by atoms with Crippen LogP contribution >= 0.6 is 0 Å². The summed E-state index contributed by atoms with van der Waals surface area (Å²) in [6, 6.07) is 2.15. The predicted octanol–water partition coefficient (Wildman–Crippen LogP) is -1.51. The van der Waals surface area contributed by atoms with Crippen molar-refractivity contribution in [1.82, 2.24) is 20.9 Å². The first-order valence-electron chi connectivity index (χ1n) is 11.8. The number of carbonyl (C=O) groups is 5. The lowest BCUT2D eigenvalue weighted by Gasteiger charge is -2.28. The van der Waals surface area contributed by atoms with Gasteiger partial charge in [0.05, 0.1) is 19.1 Å². The van der Waals surface area contributed by atoms with E-state index in [0.29, 0.717) is 12.0 Å². The number of aromatic nitrogens is 1. The van der Waals surface area contributed by atoms with E-state index >= 15 is 0 Å². The number of nitrogens with two attached hydrogens (primary N) is 2.